The molecule has 6 aromatic carbocycles. The number of aryl methyl sites for hydroxylation is 1. The lowest BCUT2D eigenvalue weighted by molar-refractivity contribution is 0.607. The van der Waals surface area contributed by atoms with Crippen molar-refractivity contribution in [3.63, 3.8) is 0 Å². The molecule has 0 bridgehead atoms. The van der Waals surface area contributed by atoms with Crippen molar-refractivity contribution < 1.29 is 0 Å². The van der Waals surface area contributed by atoms with Gasteiger partial charge in [-0.15, -0.1) is 0 Å². The normalized spacial score (nSPS) is 18.0. The topological polar surface area (TPSA) is 8.17 Å². The smallest absolute Gasteiger partial charge is 0.0534 e. The summed E-state index contributed by atoms with van der Waals surface area (Å²) in [5.74, 6) is 0. The molecule has 63 heavy (non-hydrogen) atoms. The lowest BCUT2D eigenvalue weighted by atomic mass is 9.78. The van der Waals surface area contributed by atoms with E-state index in [2.05, 4.69) is 228 Å². The SMILES string of the molecule is C=C1/C=C\C=C/Cc2ccccc2N1c1ccc2c(c1)-c1cc(-c3cccc(-c4ccc5c(c4)C4=C(CCC(n6c(/C=C\C)c(C)c7ccccc76)=C4)C5(C)C)c3)ccc1C2(C)C. The molecule has 4 aliphatic rings. The van der Waals surface area contributed by atoms with Crippen LogP contribution < -0.4 is 4.90 Å². The Morgan fingerprint density at radius 3 is 2.08 bits per heavy atom. The molecule has 1 aliphatic heterocycles. The third kappa shape index (κ3) is 6.06. The Bertz CT molecular complexity index is 3240. The highest BCUT2D eigenvalue weighted by molar-refractivity contribution is 5.97. The van der Waals surface area contributed by atoms with E-state index in [0.717, 1.165) is 30.6 Å². The number of para-hydroxylation sites is 2. The maximum Gasteiger partial charge on any atom is 0.0534 e. The van der Waals surface area contributed by atoms with Crippen LogP contribution in [-0.2, 0) is 17.3 Å². The fourth-order valence-electron chi connectivity index (χ4n) is 11.4. The second kappa shape index (κ2) is 14.6. The van der Waals surface area contributed by atoms with Gasteiger partial charge in [0.05, 0.1) is 5.52 Å². The van der Waals surface area contributed by atoms with Crippen LogP contribution in [0.15, 0.2) is 182 Å². The standard InChI is InChI=1S/C61H54N2/c1-8-17-57-40(3)48-23-13-15-25-59(48)63(57)47-29-33-56-52(38-47)50-36-45(27-31-54(50)61(56,6)7)43-22-16-21-42(34-43)44-26-30-53-49(35-44)51-37-46(28-32-55(51)60(53,4)5)62-39(2)18-10-9-11-19-41-20-12-14-24-58(41)62/h8-18,20-28,30-32,34-38H,2,19,29,33H2,1,3-7H3/b11-9-,17-8-,18-10-. The summed E-state index contributed by atoms with van der Waals surface area (Å²) >= 11 is 0. The molecule has 0 spiro atoms. The molecule has 308 valence electrons. The molecule has 0 atom stereocenters. The molecule has 1 aromatic heterocycles. The van der Waals surface area contributed by atoms with Gasteiger partial charge in [-0.25, -0.2) is 0 Å². The van der Waals surface area contributed by atoms with Crippen LogP contribution in [0.1, 0.15) is 86.5 Å². The first-order chi connectivity index (χ1) is 30.5. The Morgan fingerprint density at radius 2 is 1.30 bits per heavy atom. The van der Waals surface area contributed by atoms with Gasteiger partial charge in [0.1, 0.15) is 0 Å². The molecule has 3 aliphatic carbocycles. The molecule has 11 rings (SSSR count). The molecule has 0 fully saturated rings. The minimum Gasteiger partial charge on any atom is -0.313 e. The Kier molecular flexibility index (Phi) is 9.03. The van der Waals surface area contributed by atoms with E-state index in [1.165, 1.54) is 100 Å². The molecule has 0 saturated heterocycles. The molecular weight excluding hydrogens is 761 g/mol. The molecule has 0 radical (unpaired) electrons. The summed E-state index contributed by atoms with van der Waals surface area (Å²) in [6.07, 6.45) is 18.5. The van der Waals surface area contributed by atoms with Gasteiger partial charge < -0.3 is 9.47 Å². The highest BCUT2D eigenvalue weighted by atomic mass is 15.1. The number of aromatic nitrogens is 1. The number of allylic oxidation sites excluding steroid dienone is 9. The second-order valence-corrected chi connectivity index (χ2v) is 18.9. The third-order valence-electron chi connectivity index (χ3n) is 14.6. The van der Waals surface area contributed by atoms with Gasteiger partial charge in [-0.2, -0.15) is 0 Å². The van der Waals surface area contributed by atoms with Crippen LogP contribution in [0.2, 0.25) is 0 Å². The summed E-state index contributed by atoms with van der Waals surface area (Å²) in [5.41, 5.74) is 25.7. The lowest BCUT2D eigenvalue weighted by Gasteiger charge is -2.28. The largest absolute Gasteiger partial charge is 0.313 e. The number of hydrogen-bond acceptors (Lipinski definition) is 1. The fraction of sp³-hybridized carbons (Fsp3) is 0.180. The number of rotatable bonds is 5. The number of nitrogens with zero attached hydrogens (tertiary/aromatic N) is 2. The first-order valence-electron chi connectivity index (χ1n) is 22.7. The molecule has 2 heteroatoms. The average Bonchev–Trinajstić information content (AvgIpc) is 3.83. The van der Waals surface area contributed by atoms with Crippen LogP contribution in [0.25, 0.3) is 61.6 Å². The van der Waals surface area contributed by atoms with E-state index in [0.29, 0.717) is 0 Å². The van der Waals surface area contributed by atoms with E-state index in [1.807, 2.05) is 0 Å². The third-order valence-corrected chi connectivity index (χ3v) is 14.6. The van der Waals surface area contributed by atoms with Crippen LogP contribution in [0.3, 0.4) is 0 Å². The maximum atomic E-state index is 4.55. The number of anilines is 2. The summed E-state index contributed by atoms with van der Waals surface area (Å²) in [5, 5.41) is 1.33. The monoisotopic (exact) mass is 814 g/mol. The molecular formula is C61H54N2. The van der Waals surface area contributed by atoms with Gasteiger partial charge in [0.2, 0.25) is 0 Å². The van der Waals surface area contributed by atoms with Crippen LogP contribution in [-0.4, -0.2) is 4.57 Å². The Morgan fingerprint density at radius 1 is 0.635 bits per heavy atom. The molecule has 2 nitrogen and oxygen atoms in total. The van der Waals surface area contributed by atoms with E-state index >= 15 is 0 Å². The first-order valence-corrected chi connectivity index (χ1v) is 22.7. The zero-order valence-electron chi connectivity index (χ0n) is 37.4. The molecule has 0 saturated carbocycles. The zero-order chi connectivity index (χ0) is 43.2. The van der Waals surface area contributed by atoms with E-state index in [4.69, 9.17) is 0 Å². The van der Waals surface area contributed by atoms with Gasteiger partial charge >= 0.3 is 0 Å². The maximum absolute atomic E-state index is 4.55. The van der Waals surface area contributed by atoms with Gasteiger partial charge in [-0.1, -0.05) is 149 Å². The van der Waals surface area contributed by atoms with Crippen LogP contribution in [0, 0.1) is 6.92 Å². The molecule has 2 heterocycles. The summed E-state index contributed by atoms with van der Waals surface area (Å²) in [6.45, 7) is 18.5. The Labute approximate surface area is 373 Å². The van der Waals surface area contributed by atoms with Gasteiger partial charge in [0.25, 0.3) is 0 Å². The molecule has 0 N–H and O–H groups in total. The van der Waals surface area contributed by atoms with Crippen molar-refractivity contribution in [2.45, 2.75) is 71.6 Å². The molecule has 0 unspecified atom stereocenters. The number of hydrogen-bond donors (Lipinski definition) is 0. The highest BCUT2D eigenvalue weighted by Gasteiger charge is 2.39. The number of fused-ring (bicyclic) bond motifs is 7. The molecule has 7 aromatic rings. The van der Waals surface area contributed by atoms with Crippen LogP contribution in [0.4, 0.5) is 11.4 Å². The van der Waals surface area contributed by atoms with Crippen molar-refractivity contribution in [3.8, 4) is 33.4 Å². The summed E-state index contributed by atoms with van der Waals surface area (Å²) in [7, 11) is 0. The Hall–Kier alpha value is -6.90. The van der Waals surface area contributed by atoms with Crippen molar-refractivity contribution in [1.29, 1.82) is 0 Å². The predicted octanol–water partition coefficient (Wildman–Crippen LogP) is 16.3. The average molecular weight is 815 g/mol. The first kappa shape index (κ1) is 39.0. The van der Waals surface area contributed by atoms with Crippen molar-refractivity contribution in [1.82, 2.24) is 4.57 Å². The number of benzene rings is 6. The van der Waals surface area contributed by atoms with Gasteiger partial charge in [-0.05, 0) is 166 Å². The van der Waals surface area contributed by atoms with Gasteiger partial charge in [-0.3, -0.25) is 0 Å². The van der Waals surface area contributed by atoms with Crippen LogP contribution in [0.5, 0.6) is 0 Å². The van der Waals surface area contributed by atoms with Crippen LogP contribution >= 0.6 is 0 Å². The second-order valence-electron chi connectivity index (χ2n) is 18.9. The predicted molar refractivity (Wildman–Crippen MR) is 269 cm³/mol. The van der Waals surface area contributed by atoms with Crippen molar-refractivity contribution in [3.05, 3.63) is 221 Å². The van der Waals surface area contributed by atoms with E-state index in [9.17, 15) is 0 Å². The highest BCUT2D eigenvalue weighted by Crippen LogP contribution is 2.54. The Balaban J connectivity index is 0.970. The van der Waals surface area contributed by atoms with Gasteiger partial charge in [0, 0.05) is 44.7 Å². The van der Waals surface area contributed by atoms with Crippen molar-refractivity contribution >= 4 is 39.6 Å². The van der Waals surface area contributed by atoms with Gasteiger partial charge in [0.15, 0.2) is 0 Å². The summed E-state index contributed by atoms with van der Waals surface area (Å²) in [4.78, 5) is 2.32. The summed E-state index contributed by atoms with van der Waals surface area (Å²) < 4.78 is 2.52. The summed E-state index contributed by atoms with van der Waals surface area (Å²) in [6, 6.07) is 48.1. The quantitative estimate of drug-likeness (QED) is 0.168. The van der Waals surface area contributed by atoms with E-state index in [1.54, 1.807) is 5.57 Å². The molecule has 0 amide bonds. The van der Waals surface area contributed by atoms with E-state index in [-0.39, 0.29) is 10.8 Å². The van der Waals surface area contributed by atoms with E-state index < -0.39 is 0 Å². The van der Waals surface area contributed by atoms with Crippen molar-refractivity contribution in [2.75, 3.05) is 4.90 Å². The van der Waals surface area contributed by atoms with Crippen molar-refractivity contribution in [2.24, 2.45) is 0 Å². The lowest BCUT2D eigenvalue weighted by Crippen LogP contribution is -2.18. The zero-order valence-corrected chi connectivity index (χ0v) is 37.4. The fourth-order valence-corrected chi connectivity index (χ4v) is 11.4. The minimum atomic E-state index is -0.114. The minimum absolute atomic E-state index is 0.0153.